The van der Waals surface area contributed by atoms with Crippen molar-refractivity contribution >= 4 is 33.2 Å². The van der Waals surface area contributed by atoms with Crippen molar-refractivity contribution in [3.8, 4) is 0 Å². The van der Waals surface area contributed by atoms with Gasteiger partial charge in [-0.1, -0.05) is 29.3 Å². The quantitative estimate of drug-likeness (QED) is 0.870. The van der Waals surface area contributed by atoms with Crippen LogP contribution in [0, 0.1) is 5.92 Å². The van der Waals surface area contributed by atoms with E-state index in [-0.39, 0.29) is 12.0 Å². The molecule has 2 atom stereocenters. The minimum absolute atomic E-state index is 0.118. The summed E-state index contributed by atoms with van der Waals surface area (Å²) in [5, 5.41) is 0.667. The molecule has 2 rings (SSSR count). The maximum absolute atomic E-state index is 12.5. The lowest BCUT2D eigenvalue weighted by atomic mass is 9.93. The van der Waals surface area contributed by atoms with Crippen molar-refractivity contribution in [2.45, 2.75) is 38.0 Å². The molecular formula is C15H21Cl2NO3S. The van der Waals surface area contributed by atoms with Crippen molar-refractivity contribution in [1.82, 2.24) is 4.72 Å². The lowest BCUT2D eigenvalue weighted by Gasteiger charge is -2.32. The Hall–Kier alpha value is -0.330. The van der Waals surface area contributed by atoms with Crippen LogP contribution in [0.1, 0.15) is 25.8 Å². The Bertz CT molecular complexity index is 619. The molecule has 2 unspecified atom stereocenters. The number of ether oxygens (including phenoxy) is 1. The van der Waals surface area contributed by atoms with Crippen LogP contribution < -0.4 is 4.72 Å². The van der Waals surface area contributed by atoms with Gasteiger partial charge < -0.3 is 4.74 Å². The van der Waals surface area contributed by atoms with Gasteiger partial charge in [-0.05, 0) is 44.4 Å². The molecule has 1 saturated heterocycles. The second-order valence-electron chi connectivity index (χ2n) is 5.92. The van der Waals surface area contributed by atoms with E-state index < -0.39 is 15.3 Å². The van der Waals surface area contributed by atoms with Crippen LogP contribution in [0.2, 0.25) is 10.0 Å². The van der Waals surface area contributed by atoms with Crippen LogP contribution in [-0.2, 0) is 21.2 Å². The summed E-state index contributed by atoms with van der Waals surface area (Å²) in [5.41, 5.74) is 0.895. The van der Waals surface area contributed by atoms with E-state index in [1.165, 1.54) is 0 Å². The molecule has 22 heavy (non-hydrogen) atoms. The monoisotopic (exact) mass is 365 g/mol. The van der Waals surface area contributed by atoms with Crippen molar-refractivity contribution in [1.29, 1.82) is 0 Å². The van der Waals surface area contributed by atoms with Gasteiger partial charge >= 0.3 is 0 Å². The van der Waals surface area contributed by atoms with Gasteiger partial charge in [0.25, 0.3) is 0 Å². The fourth-order valence-electron chi connectivity index (χ4n) is 2.76. The zero-order valence-corrected chi connectivity index (χ0v) is 15.0. The molecule has 124 valence electrons. The fraction of sp³-hybridized carbons (Fsp3) is 0.600. The second kappa shape index (κ2) is 7.49. The summed E-state index contributed by atoms with van der Waals surface area (Å²) >= 11 is 12.1. The third-order valence-corrected chi connectivity index (χ3v) is 6.50. The Balaban J connectivity index is 2.19. The molecule has 7 heteroatoms. The molecule has 1 fully saturated rings. The largest absolute Gasteiger partial charge is 0.381 e. The van der Waals surface area contributed by atoms with Crippen molar-refractivity contribution < 1.29 is 13.2 Å². The van der Waals surface area contributed by atoms with Gasteiger partial charge in [-0.3, -0.25) is 0 Å². The molecule has 1 aromatic carbocycles. The summed E-state index contributed by atoms with van der Waals surface area (Å²) in [4.78, 5) is 0. The highest BCUT2D eigenvalue weighted by Gasteiger charge is 2.36. The molecule has 0 aliphatic carbocycles. The zero-order valence-electron chi connectivity index (χ0n) is 12.7. The Kier molecular flexibility index (Phi) is 6.14. The first-order valence-electron chi connectivity index (χ1n) is 7.32. The molecule has 1 aromatic rings. The van der Waals surface area contributed by atoms with Crippen LogP contribution in [0.5, 0.6) is 0 Å². The summed E-state index contributed by atoms with van der Waals surface area (Å²) < 4.78 is 33.2. The zero-order chi connectivity index (χ0) is 16.3. The number of hydrogen-bond donors (Lipinski definition) is 1. The molecular weight excluding hydrogens is 345 g/mol. The number of nitrogens with one attached hydrogen (secondary N) is 1. The van der Waals surface area contributed by atoms with E-state index in [2.05, 4.69) is 4.72 Å². The van der Waals surface area contributed by atoms with E-state index in [4.69, 9.17) is 27.9 Å². The Morgan fingerprint density at radius 1 is 1.36 bits per heavy atom. The van der Waals surface area contributed by atoms with E-state index in [1.807, 2.05) is 19.9 Å². The predicted octanol–water partition coefficient (Wildman–Crippen LogP) is 3.27. The van der Waals surface area contributed by atoms with Crippen LogP contribution in [0.3, 0.4) is 0 Å². The lowest BCUT2D eigenvalue weighted by molar-refractivity contribution is 0.0569. The molecule has 1 aliphatic heterocycles. The van der Waals surface area contributed by atoms with E-state index >= 15 is 0 Å². The second-order valence-corrected chi connectivity index (χ2v) is 8.69. The Labute approximate surface area is 142 Å². The highest BCUT2D eigenvalue weighted by molar-refractivity contribution is 7.90. The lowest BCUT2D eigenvalue weighted by Crippen LogP contribution is -2.46. The molecule has 0 amide bonds. The van der Waals surface area contributed by atoms with Crippen molar-refractivity contribution in [2.24, 2.45) is 5.92 Å². The highest BCUT2D eigenvalue weighted by atomic mass is 35.5. The van der Waals surface area contributed by atoms with E-state index in [1.54, 1.807) is 12.1 Å². The summed E-state index contributed by atoms with van der Waals surface area (Å²) in [5.74, 6) is -0.122. The molecule has 1 heterocycles. The van der Waals surface area contributed by atoms with Gasteiger partial charge in [0.05, 0.1) is 11.9 Å². The number of rotatable bonds is 5. The minimum Gasteiger partial charge on any atom is -0.381 e. The van der Waals surface area contributed by atoms with Crippen LogP contribution in [0.15, 0.2) is 18.2 Å². The summed E-state index contributed by atoms with van der Waals surface area (Å²) in [6.07, 6.45) is 1.05. The summed E-state index contributed by atoms with van der Waals surface area (Å²) in [6.45, 7) is 4.53. The topological polar surface area (TPSA) is 55.4 Å². The predicted molar refractivity (Wildman–Crippen MR) is 90.1 cm³/mol. The molecule has 0 bridgehead atoms. The normalized spacial score (nSPS) is 23.0. The summed E-state index contributed by atoms with van der Waals surface area (Å²) in [7, 11) is -3.37. The van der Waals surface area contributed by atoms with E-state index in [0.29, 0.717) is 36.1 Å². The van der Waals surface area contributed by atoms with Crippen molar-refractivity contribution in [3.63, 3.8) is 0 Å². The molecule has 1 N–H and O–H groups in total. The van der Waals surface area contributed by atoms with E-state index in [9.17, 15) is 8.42 Å². The van der Waals surface area contributed by atoms with Gasteiger partial charge in [0.15, 0.2) is 0 Å². The molecule has 0 radical (unpaired) electrons. The maximum atomic E-state index is 12.5. The molecule has 0 spiro atoms. The van der Waals surface area contributed by atoms with Gasteiger partial charge in [0.1, 0.15) is 0 Å². The first kappa shape index (κ1) is 18.0. The Morgan fingerprint density at radius 2 is 2.09 bits per heavy atom. The molecule has 4 nitrogen and oxygen atoms in total. The number of hydrogen-bond acceptors (Lipinski definition) is 3. The minimum atomic E-state index is -3.37. The average Bonchev–Trinajstić information content (AvgIpc) is 2.41. The van der Waals surface area contributed by atoms with Crippen LogP contribution in [-0.4, -0.2) is 32.9 Å². The molecule has 0 aromatic heterocycles. The Morgan fingerprint density at radius 3 is 2.73 bits per heavy atom. The number of benzene rings is 1. The first-order valence-corrected chi connectivity index (χ1v) is 9.62. The molecule has 0 saturated carbocycles. The third-order valence-electron chi connectivity index (χ3n) is 3.70. The average molecular weight is 366 g/mol. The van der Waals surface area contributed by atoms with Crippen LogP contribution in [0.4, 0.5) is 0 Å². The van der Waals surface area contributed by atoms with Crippen molar-refractivity contribution in [2.75, 3.05) is 13.2 Å². The first-order chi connectivity index (χ1) is 10.3. The SMILES string of the molecule is CC(C)NS(=O)(=O)C1CCOCC1Cc1ccc(Cl)cc1Cl. The maximum Gasteiger partial charge on any atom is 0.215 e. The number of halogens is 2. The summed E-state index contributed by atoms with van der Waals surface area (Å²) in [6, 6.07) is 5.17. The van der Waals surface area contributed by atoms with Crippen LogP contribution in [0.25, 0.3) is 0 Å². The standard InChI is InChI=1S/C15H21Cl2NO3S/c1-10(2)18-22(19,20)15-5-6-21-9-12(15)7-11-3-4-13(16)8-14(11)17/h3-4,8,10,12,15,18H,5-7,9H2,1-2H3. The molecule has 1 aliphatic rings. The van der Waals surface area contributed by atoms with Gasteiger partial charge in [0, 0.05) is 28.6 Å². The van der Waals surface area contributed by atoms with Crippen LogP contribution >= 0.6 is 23.2 Å². The van der Waals surface area contributed by atoms with Gasteiger partial charge in [-0.25, -0.2) is 13.1 Å². The third kappa shape index (κ3) is 4.59. The fourth-order valence-corrected chi connectivity index (χ4v) is 5.17. The smallest absolute Gasteiger partial charge is 0.215 e. The van der Waals surface area contributed by atoms with Crippen molar-refractivity contribution in [3.05, 3.63) is 33.8 Å². The van der Waals surface area contributed by atoms with Gasteiger partial charge in [-0.2, -0.15) is 0 Å². The van der Waals surface area contributed by atoms with E-state index in [0.717, 1.165) is 5.56 Å². The van der Waals surface area contributed by atoms with Gasteiger partial charge in [-0.15, -0.1) is 0 Å². The highest BCUT2D eigenvalue weighted by Crippen LogP contribution is 2.29. The van der Waals surface area contributed by atoms with Gasteiger partial charge in [0.2, 0.25) is 10.0 Å². The number of sulfonamides is 1.